The predicted octanol–water partition coefficient (Wildman–Crippen LogP) is 4.51. The van der Waals surface area contributed by atoms with Crippen LogP contribution in [0.2, 0.25) is 0 Å². The summed E-state index contributed by atoms with van der Waals surface area (Å²) < 4.78 is 5.19. The number of nitrogens with zero attached hydrogens (tertiary/aromatic N) is 1. The van der Waals surface area contributed by atoms with Gasteiger partial charge in [0.05, 0.1) is 13.5 Å². The van der Waals surface area contributed by atoms with Gasteiger partial charge in [0.25, 0.3) is 0 Å². The summed E-state index contributed by atoms with van der Waals surface area (Å²) in [5.74, 6) is 0.941. The van der Waals surface area contributed by atoms with Gasteiger partial charge in [0.1, 0.15) is 5.75 Å². The average Bonchev–Trinajstić information content (AvgIpc) is 2.73. The number of hydrogen-bond donors (Lipinski definition) is 0. The van der Waals surface area contributed by atoms with Gasteiger partial charge in [-0.2, -0.15) is 0 Å². The molecule has 0 aliphatic rings. The van der Waals surface area contributed by atoms with Gasteiger partial charge in [0.2, 0.25) is 5.91 Å². The maximum atomic E-state index is 13.0. The molecule has 0 radical (unpaired) electrons. The Morgan fingerprint density at radius 1 is 0.778 bits per heavy atom. The number of benzene rings is 3. The minimum absolute atomic E-state index is 0.139. The highest BCUT2D eigenvalue weighted by molar-refractivity contribution is 5.78. The normalized spacial score (nSPS) is 10.4. The van der Waals surface area contributed by atoms with Crippen molar-refractivity contribution in [3.05, 3.63) is 102 Å². The average molecular weight is 359 g/mol. The second-order valence-electron chi connectivity index (χ2n) is 6.56. The highest BCUT2D eigenvalue weighted by atomic mass is 16.5. The molecule has 0 spiro atoms. The quantitative estimate of drug-likeness (QED) is 0.592. The summed E-state index contributed by atoms with van der Waals surface area (Å²) in [6.07, 6.45) is 1.24. The van der Waals surface area contributed by atoms with E-state index in [1.54, 1.807) is 7.11 Å². The third-order valence-electron chi connectivity index (χ3n) is 4.60. The fourth-order valence-corrected chi connectivity index (χ4v) is 3.03. The number of carbonyl (C=O) groups excluding carboxylic acids is 1. The number of carbonyl (C=O) groups is 1. The molecule has 0 bridgehead atoms. The number of methoxy groups -OCH3 is 1. The van der Waals surface area contributed by atoms with E-state index in [1.807, 2.05) is 65.6 Å². The van der Waals surface area contributed by atoms with Crippen LogP contribution in [0.4, 0.5) is 0 Å². The van der Waals surface area contributed by atoms with Crippen LogP contribution in [0.25, 0.3) is 0 Å². The monoisotopic (exact) mass is 359 g/mol. The minimum atomic E-state index is 0.139. The largest absolute Gasteiger partial charge is 0.497 e. The number of ether oxygens (including phenoxy) is 1. The van der Waals surface area contributed by atoms with Gasteiger partial charge in [-0.1, -0.05) is 72.8 Å². The maximum absolute atomic E-state index is 13.0. The molecule has 0 saturated heterocycles. The summed E-state index contributed by atoms with van der Waals surface area (Å²) in [4.78, 5) is 14.9. The third kappa shape index (κ3) is 5.71. The highest BCUT2D eigenvalue weighted by Crippen LogP contribution is 2.14. The van der Waals surface area contributed by atoms with Crippen molar-refractivity contribution in [2.45, 2.75) is 19.4 Å². The Bertz CT molecular complexity index is 829. The summed E-state index contributed by atoms with van der Waals surface area (Å²) in [5, 5.41) is 0. The standard InChI is InChI=1S/C24H25NO2/c1-27-23-14-12-21(13-15-23)18-24(26)25(19-22-10-6-3-7-11-22)17-16-20-8-4-2-5-9-20/h2-15H,16-19H2,1H3. The lowest BCUT2D eigenvalue weighted by Crippen LogP contribution is -2.33. The first-order valence-corrected chi connectivity index (χ1v) is 9.23. The van der Waals surface area contributed by atoms with E-state index in [0.717, 1.165) is 23.3 Å². The zero-order chi connectivity index (χ0) is 18.9. The molecule has 0 atom stereocenters. The fraction of sp³-hybridized carbons (Fsp3) is 0.208. The first kappa shape index (κ1) is 18.7. The zero-order valence-corrected chi connectivity index (χ0v) is 15.7. The lowest BCUT2D eigenvalue weighted by Gasteiger charge is -2.23. The van der Waals surface area contributed by atoms with E-state index in [9.17, 15) is 4.79 Å². The number of hydrogen-bond acceptors (Lipinski definition) is 2. The number of rotatable bonds is 8. The minimum Gasteiger partial charge on any atom is -0.497 e. The Balaban J connectivity index is 1.69. The SMILES string of the molecule is COc1ccc(CC(=O)N(CCc2ccccc2)Cc2ccccc2)cc1. The molecule has 0 saturated carbocycles. The second-order valence-corrected chi connectivity index (χ2v) is 6.56. The first-order chi connectivity index (χ1) is 13.2. The Kier molecular flexibility index (Phi) is 6.64. The van der Waals surface area contributed by atoms with Gasteiger partial charge in [0.15, 0.2) is 0 Å². The van der Waals surface area contributed by atoms with Gasteiger partial charge >= 0.3 is 0 Å². The molecule has 3 nitrogen and oxygen atoms in total. The molecular formula is C24H25NO2. The first-order valence-electron chi connectivity index (χ1n) is 9.23. The van der Waals surface area contributed by atoms with Gasteiger partial charge in [-0.15, -0.1) is 0 Å². The molecule has 138 valence electrons. The van der Waals surface area contributed by atoms with E-state index in [2.05, 4.69) is 24.3 Å². The lowest BCUT2D eigenvalue weighted by atomic mass is 10.1. The lowest BCUT2D eigenvalue weighted by molar-refractivity contribution is -0.131. The van der Waals surface area contributed by atoms with Crippen molar-refractivity contribution in [3.8, 4) is 5.75 Å². The van der Waals surface area contributed by atoms with Gasteiger partial charge in [-0.25, -0.2) is 0 Å². The van der Waals surface area contributed by atoms with Crippen LogP contribution >= 0.6 is 0 Å². The summed E-state index contributed by atoms with van der Waals surface area (Å²) in [5.41, 5.74) is 3.39. The van der Waals surface area contributed by atoms with Gasteiger partial charge in [-0.3, -0.25) is 4.79 Å². The van der Waals surface area contributed by atoms with Crippen molar-refractivity contribution in [2.75, 3.05) is 13.7 Å². The molecule has 0 fully saturated rings. The van der Waals surface area contributed by atoms with E-state index in [-0.39, 0.29) is 5.91 Å². The molecule has 1 amide bonds. The molecule has 0 N–H and O–H groups in total. The number of amides is 1. The van der Waals surface area contributed by atoms with Crippen molar-refractivity contribution >= 4 is 5.91 Å². The summed E-state index contributed by atoms with van der Waals surface area (Å²) in [6.45, 7) is 1.33. The van der Waals surface area contributed by atoms with E-state index < -0.39 is 0 Å². The van der Waals surface area contributed by atoms with Crippen molar-refractivity contribution in [1.82, 2.24) is 4.90 Å². The van der Waals surface area contributed by atoms with Gasteiger partial charge in [-0.05, 0) is 35.2 Å². The van der Waals surface area contributed by atoms with Crippen LogP contribution in [0, 0.1) is 0 Å². The third-order valence-corrected chi connectivity index (χ3v) is 4.60. The second kappa shape index (κ2) is 9.58. The van der Waals surface area contributed by atoms with Crippen LogP contribution in [0.5, 0.6) is 5.75 Å². The van der Waals surface area contributed by atoms with Crippen molar-refractivity contribution < 1.29 is 9.53 Å². The Morgan fingerprint density at radius 2 is 1.37 bits per heavy atom. The van der Waals surface area contributed by atoms with Crippen molar-refractivity contribution in [3.63, 3.8) is 0 Å². The van der Waals surface area contributed by atoms with Crippen LogP contribution in [0.15, 0.2) is 84.9 Å². The Morgan fingerprint density at radius 3 is 1.96 bits per heavy atom. The van der Waals surface area contributed by atoms with Crippen LogP contribution in [0.1, 0.15) is 16.7 Å². The topological polar surface area (TPSA) is 29.5 Å². The molecule has 3 aromatic carbocycles. The van der Waals surface area contributed by atoms with Gasteiger partial charge < -0.3 is 9.64 Å². The van der Waals surface area contributed by atoms with Crippen molar-refractivity contribution in [1.29, 1.82) is 0 Å². The Hall–Kier alpha value is -3.07. The van der Waals surface area contributed by atoms with E-state index in [0.29, 0.717) is 19.5 Å². The molecule has 0 heterocycles. The summed E-state index contributed by atoms with van der Waals surface area (Å²) in [6, 6.07) is 28.2. The van der Waals surface area contributed by atoms with E-state index >= 15 is 0 Å². The smallest absolute Gasteiger partial charge is 0.227 e. The van der Waals surface area contributed by atoms with Crippen molar-refractivity contribution in [2.24, 2.45) is 0 Å². The van der Waals surface area contributed by atoms with Gasteiger partial charge in [0, 0.05) is 13.1 Å². The van der Waals surface area contributed by atoms with Crippen LogP contribution in [0.3, 0.4) is 0 Å². The zero-order valence-electron chi connectivity index (χ0n) is 15.7. The van der Waals surface area contributed by atoms with Crippen LogP contribution < -0.4 is 4.74 Å². The fourth-order valence-electron chi connectivity index (χ4n) is 3.03. The molecule has 3 rings (SSSR count). The van der Waals surface area contributed by atoms with Crippen LogP contribution in [-0.4, -0.2) is 24.5 Å². The Labute approximate surface area is 161 Å². The molecule has 0 aromatic heterocycles. The molecule has 3 aromatic rings. The summed E-state index contributed by atoms with van der Waals surface area (Å²) >= 11 is 0. The van der Waals surface area contributed by atoms with E-state index in [4.69, 9.17) is 4.74 Å². The maximum Gasteiger partial charge on any atom is 0.227 e. The van der Waals surface area contributed by atoms with E-state index in [1.165, 1.54) is 5.56 Å². The predicted molar refractivity (Wildman–Crippen MR) is 109 cm³/mol. The molecule has 0 aliphatic carbocycles. The summed E-state index contributed by atoms with van der Waals surface area (Å²) in [7, 11) is 1.64. The molecule has 0 unspecified atom stereocenters. The highest BCUT2D eigenvalue weighted by Gasteiger charge is 2.15. The molecule has 27 heavy (non-hydrogen) atoms. The molecule has 0 aliphatic heterocycles. The molecule has 3 heteroatoms. The van der Waals surface area contributed by atoms with Crippen LogP contribution in [-0.2, 0) is 24.2 Å². The molecular weight excluding hydrogens is 334 g/mol.